The van der Waals surface area contributed by atoms with Gasteiger partial charge in [0, 0.05) is 11.0 Å². The van der Waals surface area contributed by atoms with Gasteiger partial charge in [0.2, 0.25) is 0 Å². The molecule has 0 bridgehead atoms. The van der Waals surface area contributed by atoms with Gasteiger partial charge >= 0.3 is 0 Å². The molecule has 0 spiro atoms. The molecule has 4 atom stereocenters. The van der Waals surface area contributed by atoms with Crippen LogP contribution in [0.25, 0.3) is 0 Å². The lowest BCUT2D eigenvalue weighted by atomic mass is 9.36. The highest BCUT2D eigenvalue weighted by Gasteiger charge is 2.68. The highest BCUT2D eigenvalue weighted by molar-refractivity contribution is 6.15. The van der Waals surface area contributed by atoms with Crippen LogP contribution in [0.15, 0.2) is 33.8 Å². The largest absolute Gasteiger partial charge is 0.397 e. The molecule has 5 heteroatoms. The number of rotatable bonds is 2. The molecule has 0 saturated heterocycles. The summed E-state index contributed by atoms with van der Waals surface area (Å²) in [6.45, 7) is 4.56. The Bertz CT molecular complexity index is 1010. The van der Waals surface area contributed by atoms with Crippen molar-refractivity contribution in [1.82, 2.24) is 0 Å². The molecule has 35 heavy (non-hydrogen) atoms. The van der Waals surface area contributed by atoms with Gasteiger partial charge in [-0.05, 0) is 80.3 Å². The normalized spacial score (nSPS) is 42.3. The molecule has 194 valence electrons. The molecule has 0 heterocycles. The van der Waals surface area contributed by atoms with Crippen LogP contribution < -0.4 is 17.2 Å². The van der Waals surface area contributed by atoms with Crippen molar-refractivity contribution in [3.05, 3.63) is 33.8 Å². The van der Waals surface area contributed by atoms with Gasteiger partial charge in [0.25, 0.3) is 0 Å². The second kappa shape index (κ2) is 8.68. The van der Waals surface area contributed by atoms with E-state index in [4.69, 9.17) is 17.2 Å². The van der Waals surface area contributed by atoms with E-state index in [-0.39, 0.29) is 16.2 Å². The topological polar surface area (TPSA) is 122 Å². The second-order valence-electron chi connectivity index (χ2n) is 12.9. The van der Waals surface area contributed by atoms with E-state index in [1.807, 2.05) is 6.92 Å². The Balaban J connectivity index is 1.81. The average Bonchev–Trinajstić information content (AvgIpc) is 2.88. The smallest absolute Gasteiger partial charge is 0.0866 e. The van der Waals surface area contributed by atoms with Crippen molar-refractivity contribution in [2.45, 2.75) is 129 Å². The Morgan fingerprint density at radius 1 is 0.657 bits per heavy atom. The zero-order valence-corrected chi connectivity index (χ0v) is 22.2. The molecular formula is C30H48N4O. The predicted molar refractivity (Wildman–Crippen MR) is 143 cm³/mol. The molecule has 4 unspecified atom stereocenters. The number of nitrogens with one attached hydrogen (secondary N) is 1. The first kappa shape index (κ1) is 24.9. The Morgan fingerprint density at radius 3 is 1.77 bits per heavy atom. The van der Waals surface area contributed by atoms with Gasteiger partial charge in [0.15, 0.2) is 0 Å². The fourth-order valence-corrected chi connectivity index (χ4v) is 8.97. The first-order valence-electron chi connectivity index (χ1n) is 14.4. The Labute approximate surface area is 212 Å². The van der Waals surface area contributed by atoms with Gasteiger partial charge in [0.05, 0.1) is 28.4 Å². The molecule has 0 radical (unpaired) electrons. The standard InChI is InChI=1S/C30H48N4O/c1-20-21(23(32)25(34)24(33)22(20)31)26(29-14-10-6-7-11-15-30(29,35)19-18-29)28-13-9-5-3-4-8-12-27(28,2)16-17-28/h32,35H,3-19,31,33-34H2,1-2H3/b26-21-,32-23?. The van der Waals surface area contributed by atoms with Crippen LogP contribution in [-0.2, 0) is 0 Å². The third-order valence-electron chi connectivity index (χ3n) is 11.5. The molecule has 0 aromatic carbocycles. The maximum atomic E-state index is 12.3. The van der Waals surface area contributed by atoms with E-state index in [1.165, 1.54) is 63.4 Å². The lowest BCUT2D eigenvalue weighted by Crippen LogP contribution is -2.65. The Kier molecular flexibility index (Phi) is 6.18. The Morgan fingerprint density at radius 2 is 1.20 bits per heavy atom. The third-order valence-corrected chi connectivity index (χ3v) is 11.5. The zero-order valence-electron chi connectivity index (χ0n) is 22.2. The fourth-order valence-electron chi connectivity index (χ4n) is 8.97. The number of nitrogens with two attached hydrogens (primary N) is 3. The maximum Gasteiger partial charge on any atom is 0.0866 e. The summed E-state index contributed by atoms with van der Waals surface area (Å²) in [7, 11) is 0. The lowest BCUT2D eigenvalue weighted by molar-refractivity contribution is -0.185. The van der Waals surface area contributed by atoms with Crippen LogP contribution >= 0.6 is 0 Å². The highest BCUT2D eigenvalue weighted by atomic mass is 16.3. The molecule has 0 amide bonds. The van der Waals surface area contributed by atoms with Crippen molar-refractivity contribution in [2.75, 3.05) is 0 Å². The number of aliphatic hydroxyl groups is 1. The molecule has 4 fully saturated rings. The van der Waals surface area contributed by atoms with Crippen LogP contribution in [0, 0.1) is 21.7 Å². The van der Waals surface area contributed by atoms with E-state index in [0.29, 0.717) is 22.8 Å². The fraction of sp³-hybridized carbons (Fsp3) is 0.767. The van der Waals surface area contributed by atoms with E-state index < -0.39 is 5.60 Å². The minimum atomic E-state index is -0.684. The molecule has 4 saturated carbocycles. The highest BCUT2D eigenvalue weighted by Crippen LogP contribution is 2.75. The van der Waals surface area contributed by atoms with Gasteiger partial charge in [-0.1, -0.05) is 64.7 Å². The van der Waals surface area contributed by atoms with E-state index >= 15 is 0 Å². The number of fused-ring (bicyclic) bond motifs is 2. The monoisotopic (exact) mass is 480 g/mol. The van der Waals surface area contributed by atoms with Crippen molar-refractivity contribution in [3.8, 4) is 0 Å². The number of hydrogen-bond donors (Lipinski definition) is 5. The second-order valence-corrected chi connectivity index (χ2v) is 12.9. The Hall–Kier alpha value is -1.75. The van der Waals surface area contributed by atoms with E-state index in [9.17, 15) is 10.5 Å². The summed E-state index contributed by atoms with van der Waals surface area (Å²) < 4.78 is 0. The SMILES string of the molecule is CC1=C(N)C(N)=C(N)C(=N)/C1=C(/C12CCCCCCCC1(C)CC2)C12CCCCCCC1(O)CC2. The van der Waals surface area contributed by atoms with Crippen LogP contribution in [0.1, 0.15) is 123 Å². The summed E-state index contributed by atoms with van der Waals surface area (Å²) in [5.41, 5.74) is 23.3. The summed E-state index contributed by atoms with van der Waals surface area (Å²) in [6, 6.07) is 0. The van der Waals surface area contributed by atoms with Gasteiger partial charge in [-0.2, -0.15) is 0 Å². The van der Waals surface area contributed by atoms with Crippen molar-refractivity contribution in [3.63, 3.8) is 0 Å². The molecule has 8 N–H and O–H groups in total. The van der Waals surface area contributed by atoms with Gasteiger partial charge in [-0.15, -0.1) is 0 Å². The van der Waals surface area contributed by atoms with Crippen LogP contribution in [0.5, 0.6) is 0 Å². The minimum Gasteiger partial charge on any atom is -0.397 e. The predicted octanol–water partition coefficient (Wildman–Crippen LogP) is 6.07. The summed E-state index contributed by atoms with van der Waals surface area (Å²) in [6.07, 6.45) is 19.6. The average molecular weight is 481 g/mol. The maximum absolute atomic E-state index is 12.3. The first-order chi connectivity index (χ1) is 16.6. The third kappa shape index (κ3) is 3.39. The summed E-state index contributed by atoms with van der Waals surface area (Å²) in [5.74, 6) is 0. The van der Waals surface area contributed by atoms with Gasteiger partial charge in [-0.25, -0.2) is 0 Å². The van der Waals surface area contributed by atoms with Crippen LogP contribution in [0.4, 0.5) is 0 Å². The van der Waals surface area contributed by atoms with Crippen molar-refractivity contribution >= 4 is 5.71 Å². The van der Waals surface area contributed by atoms with Crippen LogP contribution in [0.3, 0.4) is 0 Å². The first-order valence-corrected chi connectivity index (χ1v) is 14.4. The van der Waals surface area contributed by atoms with E-state index in [1.54, 1.807) is 0 Å². The molecule has 0 aromatic heterocycles. The van der Waals surface area contributed by atoms with Gasteiger partial charge in [0.1, 0.15) is 0 Å². The van der Waals surface area contributed by atoms with Crippen LogP contribution in [0.2, 0.25) is 0 Å². The molecule has 5 aliphatic rings. The summed E-state index contributed by atoms with van der Waals surface area (Å²) in [5, 5.41) is 21.6. The van der Waals surface area contributed by atoms with Crippen molar-refractivity contribution < 1.29 is 5.11 Å². The molecule has 5 nitrogen and oxygen atoms in total. The zero-order chi connectivity index (χ0) is 25.1. The number of allylic oxidation sites excluding steroid dienone is 2. The molecule has 5 rings (SSSR count). The lowest BCUT2D eigenvalue weighted by Gasteiger charge is -2.69. The molecule has 0 aromatic rings. The van der Waals surface area contributed by atoms with Gasteiger partial charge < -0.3 is 22.3 Å². The quantitative estimate of drug-likeness (QED) is 0.329. The molecular weight excluding hydrogens is 432 g/mol. The van der Waals surface area contributed by atoms with E-state index in [0.717, 1.165) is 62.5 Å². The van der Waals surface area contributed by atoms with Crippen LogP contribution in [-0.4, -0.2) is 16.4 Å². The number of hydrogen-bond acceptors (Lipinski definition) is 5. The van der Waals surface area contributed by atoms with E-state index in [2.05, 4.69) is 6.92 Å². The van der Waals surface area contributed by atoms with Crippen molar-refractivity contribution in [1.29, 1.82) is 5.41 Å². The minimum absolute atomic E-state index is 0.000488. The van der Waals surface area contributed by atoms with Crippen molar-refractivity contribution in [2.24, 2.45) is 33.4 Å². The van der Waals surface area contributed by atoms with Gasteiger partial charge in [-0.3, -0.25) is 5.41 Å². The summed E-state index contributed by atoms with van der Waals surface area (Å²) >= 11 is 0. The summed E-state index contributed by atoms with van der Waals surface area (Å²) in [4.78, 5) is 0. The molecule has 5 aliphatic carbocycles. The molecule has 0 aliphatic heterocycles.